The van der Waals surface area contributed by atoms with Crippen LogP contribution < -0.4 is 4.72 Å². The van der Waals surface area contributed by atoms with Crippen molar-refractivity contribution in [2.45, 2.75) is 24.8 Å². The molecular weight excluding hydrogens is 266 g/mol. The number of carboxylic acid groups (broad SMARTS) is 1. The van der Waals surface area contributed by atoms with Crippen molar-refractivity contribution in [3.63, 3.8) is 0 Å². The number of carboxylic acids is 1. The Morgan fingerprint density at radius 3 is 2.65 bits per heavy atom. The normalized spacial score (nSPS) is 13.6. The molecule has 0 amide bonds. The van der Waals surface area contributed by atoms with Crippen molar-refractivity contribution in [3.05, 3.63) is 15.8 Å². The van der Waals surface area contributed by atoms with Crippen LogP contribution in [0.15, 0.2) is 10.3 Å². The SMILES string of the molecule is Cc1csc(C(=O)O)c1S(=O)(=O)N[C@@H](C)CO. The zero-order valence-corrected chi connectivity index (χ0v) is 10.9. The zero-order chi connectivity index (χ0) is 13.2. The highest BCUT2D eigenvalue weighted by molar-refractivity contribution is 7.89. The van der Waals surface area contributed by atoms with Crippen LogP contribution in [-0.4, -0.2) is 37.2 Å². The van der Waals surface area contributed by atoms with Gasteiger partial charge in [0.05, 0.1) is 6.61 Å². The number of aliphatic hydroxyl groups is 1. The maximum Gasteiger partial charge on any atom is 0.347 e. The molecule has 0 aliphatic rings. The predicted molar refractivity (Wildman–Crippen MR) is 62.9 cm³/mol. The molecule has 8 heteroatoms. The van der Waals surface area contributed by atoms with Gasteiger partial charge in [0.2, 0.25) is 10.0 Å². The molecule has 0 bridgehead atoms. The maximum atomic E-state index is 11.9. The van der Waals surface area contributed by atoms with Crippen molar-refractivity contribution in [2.75, 3.05) is 6.61 Å². The van der Waals surface area contributed by atoms with Gasteiger partial charge in [0.1, 0.15) is 9.77 Å². The molecule has 0 fully saturated rings. The second-order valence-corrected chi connectivity index (χ2v) is 6.12. The number of rotatable bonds is 5. The van der Waals surface area contributed by atoms with Gasteiger partial charge in [0, 0.05) is 6.04 Å². The molecule has 0 saturated carbocycles. The average Bonchev–Trinajstić information content (AvgIpc) is 2.60. The van der Waals surface area contributed by atoms with Crippen molar-refractivity contribution < 1.29 is 23.4 Å². The Balaban J connectivity index is 3.23. The summed E-state index contributed by atoms with van der Waals surface area (Å²) < 4.78 is 26.1. The van der Waals surface area contributed by atoms with Crippen molar-refractivity contribution in [3.8, 4) is 0 Å². The number of aryl methyl sites for hydroxylation is 1. The second kappa shape index (κ2) is 5.13. The minimum absolute atomic E-state index is 0.222. The molecule has 0 aliphatic carbocycles. The number of hydrogen-bond donors (Lipinski definition) is 3. The first-order valence-electron chi connectivity index (χ1n) is 4.74. The molecule has 1 rings (SSSR count). The first-order chi connectivity index (χ1) is 7.79. The molecule has 1 atom stereocenters. The lowest BCUT2D eigenvalue weighted by Gasteiger charge is -2.12. The number of nitrogens with one attached hydrogen (secondary N) is 1. The molecule has 0 unspecified atom stereocenters. The summed E-state index contributed by atoms with van der Waals surface area (Å²) in [6.45, 7) is 2.66. The van der Waals surface area contributed by atoms with Gasteiger partial charge in [0.25, 0.3) is 0 Å². The van der Waals surface area contributed by atoms with Crippen molar-refractivity contribution in [1.29, 1.82) is 0 Å². The lowest BCUT2D eigenvalue weighted by molar-refractivity contribution is 0.0698. The summed E-state index contributed by atoms with van der Waals surface area (Å²) in [5.41, 5.74) is 0.380. The summed E-state index contributed by atoms with van der Waals surface area (Å²) >= 11 is 0.865. The van der Waals surface area contributed by atoms with E-state index in [1.165, 1.54) is 19.2 Å². The molecule has 3 N–H and O–H groups in total. The first-order valence-corrected chi connectivity index (χ1v) is 7.10. The zero-order valence-electron chi connectivity index (χ0n) is 9.30. The van der Waals surface area contributed by atoms with E-state index >= 15 is 0 Å². The van der Waals surface area contributed by atoms with E-state index in [9.17, 15) is 13.2 Å². The van der Waals surface area contributed by atoms with E-state index < -0.39 is 22.0 Å². The fourth-order valence-corrected chi connectivity index (χ4v) is 4.14. The topological polar surface area (TPSA) is 104 Å². The van der Waals surface area contributed by atoms with E-state index in [4.69, 9.17) is 10.2 Å². The Morgan fingerprint density at radius 2 is 2.18 bits per heavy atom. The van der Waals surface area contributed by atoms with E-state index in [0.29, 0.717) is 5.56 Å². The fraction of sp³-hybridized carbons (Fsp3) is 0.444. The number of hydrogen-bond acceptors (Lipinski definition) is 5. The van der Waals surface area contributed by atoms with E-state index in [0.717, 1.165) is 11.3 Å². The highest BCUT2D eigenvalue weighted by Gasteiger charge is 2.27. The Kier molecular flexibility index (Phi) is 4.26. The molecule has 0 aromatic carbocycles. The minimum atomic E-state index is -3.92. The molecule has 0 radical (unpaired) electrons. The van der Waals surface area contributed by atoms with E-state index in [2.05, 4.69) is 4.72 Å². The largest absolute Gasteiger partial charge is 0.477 e. The lowest BCUT2D eigenvalue weighted by Crippen LogP contribution is -2.35. The monoisotopic (exact) mass is 279 g/mol. The van der Waals surface area contributed by atoms with Gasteiger partial charge in [-0.2, -0.15) is 0 Å². The van der Waals surface area contributed by atoms with Gasteiger partial charge in [-0.15, -0.1) is 11.3 Å². The van der Waals surface area contributed by atoms with E-state index in [1.54, 1.807) is 0 Å². The second-order valence-electron chi connectivity index (χ2n) is 3.59. The van der Waals surface area contributed by atoms with Crippen LogP contribution in [0.2, 0.25) is 0 Å². The summed E-state index contributed by atoms with van der Waals surface area (Å²) in [6.07, 6.45) is 0. The summed E-state index contributed by atoms with van der Waals surface area (Å²) in [7, 11) is -3.92. The highest BCUT2D eigenvalue weighted by Crippen LogP contribution is 2.26. The molecular formula is C9H13NO5S2. The molecule has 0 aliphatic heterocycles. The van der Waals surface area contributed by atoms with Gasteiger partial charge in [-0.25, -0.2) is 17.9 Å². The third-order valence-corrected chi connectivity index (χ3v) is 5.00. The summed E-state index contributed by atoms with van der Waals surface area (Å²) in [6, 6.07) is -0.666. The van der Waals surface area contributed by atoms with Gasteiger partial charge in [-0.05, 0) is 24.8 Å². The molecule has 1 aromatic heterocycles. The van der Waals surface area contributed by atoms with Crippen molar-refractivity contribution >= 4 is 27.3 Å². The van der Waals surface area contributed by atoms with Crippen LogP contribution in [0.3, 0.4) is 0 Å². The standard InChI is InChI=1S/C9H13NO5S2/c1-5-4-16-7(9(12)13)8(5)17(14,15)10-6(2)3-11/h4,6,10-11H,3H2,1-2H3,(H,12,13)/t6-/m0/s1. The van der Waals surface area contributed by atoms with Crippen LogP contribution >= 0.6 is 11.3 Å². The van der Waals surface area contributed by atoms with Crippen molar-refractivity contribution in [1.82, 2.24) is 4.72 Å². The van der Waals surface area contributed by atoms with Crippen LogP contribution in [0, 0.1) is 6.92 Å². The quantitative estimate of drug-likeness (QED) is 0.724. The number of thiophene rings is 1. The van der Waals surface area contributed by atoms with E-state index in [-0.39, 0.29) is 16.4 Å². The number of aromatic carboxylic acids is 1. The summed E-state index contributed by atoms with van der Waals surface area (Å²) in [5.74, 6) is -1.28. The highest BCUT2D eigenvalue weighted by atomic mass is 32.2. The molecule has 96 valence electrons. The van der Waals surface area contributed by atoms with Crippen LogP contribution in [0.1, 0.15) is 22.2 Å². The summed E-state index contributed by atoms with van der Waals surface area (Å²) in [4.78, 5) is 10.5. The Bertz CT molecular complexity index is 519. The Hall–Kier alpha value is -0.960. The van der Waals surface area contributed by atoms with Crippen LogP contribution in [-0.2, 0) is 10.0 Å². The van der Waals surface area contributed by atoms with Crippen LogP contribution in [0.4, 0.5) is 0 Å². The average molecular weight is 279 g/mol. The van der Waals surface area contributed by atoms with Gasteiger partial charge >= 0.3 is 5.97 Å². The van der Waals surface area contributed by atoms with Crippen molar-refractivity contribution in [2.24, 2.45) is 0 Å². The predicted octanol–water partition coefficient (Wildman–Crippen LogP) is 0.414. The summed E-state index contributed by atoms with van der Waals surface area (Å²) in [5, 5.41) is 19.2. The maximum absolute atomic E-state index is 11.9. The van der Waals surface area contributed by atoms with Crippen LogP contribution in [0.5, 0.6) is 0 Å². The van der Waals surface area contributed by atoms with Crippen LogP contribution in [0.25, 0.3) is 0 Å². The number of aliphatic hydroxyl groups excluding tert-OH is 1. The number of sulfonamides is 1. The third kappa shape index (κ3) is 3.03. The molecule has 17 heavy (non-hydrogen) atoms. The minimum Gasteiger partial charge on any atom is -0.477 e. The molecule has 0 saturated heterocycles. The van der Waals surface area contributed by atoms with Gasteiger partial charge in [0.15, 0.2) is 0 Å². The van der Waals surface area contributed by atoms with E-state index in [1.807, 2.05) is 0 Å². The Morgan fingerprint density at radius 1 is 1.59 bits per heavy atom. The fourth-order valence-electron chi connectivity index (χ4n) is 1.28. The molecule has 0 spiro atoms. The molecule has 1 aromatic rings. The van der Waals surface area contributed by atoms with Gasteiger partial charge in [-0.1, -0.05) is 0 Å². The lowest BCUT2D eigenvalue weighted by atomic mass is 10.3. The van der Waals surface area contributed by atoms with Gasteiger partial charge in [-0.3, -0.25) is 0 Å². The third-order valence-electron chi connectivity index (χ3n) is 2.01. The molecule has 1 heterocycles. The Labute approximate surface area is 103 Å². The van der Waals surface area contributed by atoms with Gasteiger partial charge < -0.3 is 10.2 Å². The molecule has 6 nitrogen and oxygen atoms in total. The first kappa shape index (κ1) is 14.1. The smallest absolute Gasteiger partial charge is 0.347 e. The number of carbonyl (C=O) groups is 1.